The summed E-state index contributed by atoms with van der Waals surface area (Å²) in [4.78, 5) is 18.4. The van der Waals surface area contributed by atoms with Gasteiger partial charge in [-0.1, -0.05) is 12.1 Å². The molecule has 1 aromatic heterocycles. The first-order valence-corrected chi connectivity index (χ1v) is 5.69. The van der Waals surface area contributed by atoms with Crippen molar-refractivity contribution in [3.63, 3.8) is 0 Å². The normalized spacial score (nSPS) is 9.95. The van der Waals surface area contributed by atoms with Crippen LogP contribution in [0, 0.1) is 10.1 Å². The fraction of sp³-hybridized carbons (Fsp3) is 0.167. The van der Waals surface area contributed by atoms with E-state index in [-0.39, 0.29) is 17.3 Å². The molecule has 2 rings (SSSR count). The number of anilines is 1. The molecular formula is C12H12N4O3. The number of nitrogens with one attached hydrogen (secondary N) is 1. The zero-order valence-electron chi connectivity index (χ0n) is 10.2. The van der Waals surface area contributed by atoms with E-state index in [1.54, 1.807) is 12.1 Å². The summed E-state index contributed by atoms with van der Waals surface area (Å²) in [6.07, 6.45) is 1.52. The summed E-state index contributed by atoms with van der Waals surface area (Å²) in [6, 6.07) is 7.68. The maximum Gasteiger partial charge on any atom is 0.311 e. The second-order valence-corrected chi connectivity index (χ2v) is 3.58. The van der Waals surface area contributed by atoms with Crippen LogP contribution >= 0.6 is 0 Å². The molecule has 7 nitrogen and oxygen atoms in total. The Balaban J connectivity index is 2.26. The fourth-order valence-electron chi connectivity index (χ4n) is 1.45. The standard InChI is InChI=1S/C12H12N4O3/c1-2-13-12-14-8-7-11(15-12)19-10-6-4-3-5-9(10)16(17)18/h3-8H,2H2,1H3,(H,13,14,15). The average molecular weight is 260 g/mol. The van der Waals surface area contributed by atoms with Crippen molar-refractivity contribution in [2.75, 3.05) is 11.9 Å². The Morgan fingerprint density at radius 1 is 1.37 bits per heavy atom. The highest BCUT2D eigenvalue weighted by Gasteiger charge is 2.15. The number of hydrogen-bond acceptors (Lipinski definition) is 6. The van der Waals surface area contributed by atoms with Crippen molar-refractivity contribution in [3.8, 4) is 11.6 Å². The topological polar surface area (TPSA) is 90.2 Å². The molecule has 0 aliphatic carbocycles. The summed E-state index contributed by atoms with van der Waals surface area (Å²) in [5.74, 6) is 0.812. The molecular weight excluding hydrogens is 248 g/mol. The molecule has 0 aliphatic rings. The number of hydrogen-bond donors (Lipinski definition) is 1. The highest BCUT2D eigenvalue weighted by atomic mass is 16.6. The molecule has 0 spiro atoms. The van der Waals surface area contributed by atoms with E-state index in [2.05, 4.69) is 15.3 Å². The second-order valence-electron chi connectivity index (χ2n) is 3.58. The van der Waals surface area contributed by atoms with Crippen molar-refractivity contribution in [2.45, 2.75) is 6.92 Å². The quantitative estimate of drug-likeness (QED) is 0.656. The molecule has 98 valence electrons. The van der Waals surface area contributed by atoms with Gasteiger partial charge in [0.25, 0.3) is 0 Å². The van der Waals surface area contributed by atoms with Gasteiger partial charge in [-0.05, 0) is 13.0 Å². The predicted octanol–water partition coefficient (Wildman–Crippen LogP) is 2.61. The number of rotatable bonds is 5. The van der Waals surface area contributed by atoms with Crippen LogP contribution in [0.5, 0.6) is 11.6 Å². The Morgan fingerprint density at radius 2 is 2.16 bits per heavy atom. The molecule has 0 amide bonds. The number of nitro groups is 1. The van der Waals surface area contributed by atoms with E-state index in [0.717, 1.165) is 0 Å². The Bertz CT molecular complexity index is 589. The lowest BCUT2D eigenvalue weighted by Crippen LogP contribution is -2.02. The van der Waals surface area contributed by atoms with Crippen LogP contribution < -0.4 is 10.1 Å². The zero-order valence-corrected chi connectivity index (χ0v) is 10.2. The van der Waals surface area contributed by atoms with Crippen molar-refractivity contribution < 1.29 is 9.66 Å². The lowest BCUT2D eigenvalue weighted by Gasteiger charge is -2.06. The van der Waals surface area contributed by atoms with Gasteiger partial charge in [-0.3, -0.25) is 10.1 Å². The molecule has 1 heterocycles. The predicted molar refractivity (Wildman–Crippen MR) is 69.4 cm³/mol. The Morgan fingerprint density at radius 3 is 2.89 bits per heavy atom. The van der Waals surface area contributed by atoms with E-state index >= 15 is 0 Å². The fourth-order valence-corrected chi connectivity index (χ4v) is 1.45. The van der Waals surface area contributed by atoms with Gasteiger partial charge in [-0.25, -0.2) is 4.98 Å². The smallest absolute Gasteiger partial charge is 0.311 e. The van der Waals surface area contributed by atoms with Crippen molar-refractivity contribution in [3.05, 3.63) is 46.6 Å². The molecule has 7 heteroatoms. The molecule has 0 aliphatic heterocycles. The molecule has 2 aromatic rings. The van der Waals surface area contributed by atoms with E-state index < -0.39 is 4.92 Å². The van der Waals surface area contributed by atoms with Gasteiger partial charge in [0.05, 0.1) is 4.92 Å². The number of para-hydroxylation sites is 2. The first-order chi connectivity index (χ1) is 9.20. The van der Waals surface area contributed by atoms with Gasteiger partial charge >= 0.3 is 5.69 Å². The van der Waals surface area contributed by atoms with Crippen LogP contribution in [0.2, 0.25) is 0 Å². The first kappa shape index (κ1) is 12.7. The molecule has 1 N–H and O–H groups in total. The molecule has 19 heavy (non-hydrogen) atoms. The molecule has 1 aromatic carbocycles. The van der Waals surface area contributed by atoms with Crippen LogP contribution in [0.3, 0.4) is 0 Å². The largest absolute Gasteiger partial charge is 0.432 e. The number of nitrogens with zero attached hydrogens (tertiary/aromatic N) is 3. The van der Waals surface area contributed by atoms with Crippen LogP contribution in [-0.2, 0) is 0 Å². The summed E-state index contributed by atoms with van der Waals surface area (Å²) >= 11 is 0. The van der Waals surface area contributed by atoms with E-state index in [1.165, 1.54) is 24.4 Å². The van der Waals surface area contributed by atoms with Crippen LogP contribution in [0.15, 0.2) is 36.5 Å². The maximum atomic E-state index is 10.9. The molecule has 0 fully saturated rings. The highest BCUT2D eigenvalue weighted by molar-refractivity contribution is 5.47. The second kappa shape index (κ2) is 5.76. The minimum atomic E-state index is -0.498. The van der Waals surface area contributed by atoms with Crippen LogP contribution in [-0.4, -0.2) is 21.4 Å². The summed E-state index contributed by atoms with van der Waals surface area (Å²) in [6.45, 7) is 2.59. The highest BCUT2D eigenvalue weighted by Crippen LogP contribution is 2.29. The maximum absolute atomic E-state index is 10.9. The third kappa shape index (κ3) is 3.15. The van der Waals surface area contributed by atoms with Gasteiger partial charge in [0.1, 0.15) is 0 Å². The van der Waals surface area contributed by atoms with Crippen molar-refractivity contribution in [1.82, 2.24) is 9.97 Å². The summed E-state index contributed by atoms with van der Waals surface area (Å²) in [5.41, 5.74) is -0.105. The third-order valence-electron chi connectivity index (χ3n) is 2.24. The van der Waals surface area contributed by atoms with Crippen molar-refractivity contribution >= 4 is 11.6 Å². The molecule has 0 bridgehead atoms. The average Bonchev–Trinajstić information content (AvgIpc) is 2.40. The van der Waals surface area contributed by atoms with Gasteiger partial charge in [0.2, 0.25) is 17.6 Å². The molecule has 0 atom stereocenters. The van der Waals surface area contributed by atoms with Gasteiger partial charge in [-0.15, -0.1) is 0 Å². The van der Waals surface area contributed by atoms with E-state index in [4.69, 9.17) is 4.74 Å². The van der Waals surface area contributed by atoms with Crippen molar-refractivity contribution in [2.24, 2.45) is 0 Å². The number of ether oxygens (including phenoxy) is 1. The Kier molecular flexibility index (Phi) is 3.87. The third-order valence-corrected chi connectivity index (χ3v) is 2.24. The summed E-state index contributed by atoms with van der Waals surface area (Å²) in [7, 11) is 0. The number of benzene rings is 1. The van der Waals surface area contributed by atoms with E-state index in [0.29, 0.717) is 12.5 Å². The molecule has 0 saturated carbocycles. The van der Waals surface area contributed by atoms with Crippen molar-refractivity contribution in [1.29, 1.82) is 0 Å². The number of aromatic nitrogens is 2. The zero-order chi connectivity index (χ0) is 13.7. The van der Waals surface area contributed by atoms with Gasteiger partial charge in [0.15, 0.2) is 0 Å². The molecule has 0 radical (unpaired) electrons. The van der Waals surface area contributed by atoms with Gasteiger partial charge in [0, 0.05) is 24.9 Å². The van der Waals surface area contributed by atoms with E-state index in [1.807, 2.05) is 6.92 Å². The minimum Gasteiger partial charge on any atom is -0.432 e. The minimum absolute atomic E-state index is 0.105. The molecule has 0 saturated heterocycles. The van der Waals surface area contributed by atoms with Gasteiger partial charge < -0.3 is 10.1 Å². The Hall–Kier alpha value is -2.70. The van der Waals surface area contributed by atoms with Crippen LogP contribution in [0.4, 0.5) is 11.6 Å². The van der Waals surface area contributed by atoms with E-state index in [9.17, 15) is 10.1 Å². The molecule has 0 unspecified atom stereocenters. The summed E-state index contributed by atoms with van der Waals surface area (Å²) in [5, 5.41) is 13.8. The van der Waals surface area contributed by atoms with Crippen LogP contribution in [0.25, 0.3) is 0 Å². The van der Waals surface area contributed by atoms with Gasteiger partial charge in [-0.2, -0.15) is 4.98 Å². The SMILES string of the molecule is CCNc1nccc(Oc2ccccc2[N+](=O)[O-])n1. The van der Waals surface area contributed by atoms with Crippen LogP contribution in [0.1, 0.15) is 6.92 Å². The Labute approximate surface area is 109 Å². The number of nitro benzene ring substituents is 1. The summed E-state index contributed by atoms with van der Waals surface area (Å²) < 4.78 is 5.43. The lowest BCUT2D eigenvalue weighted by atomic mass is 10.3. The first-order valence-electron chi connectivity index (χ1n) is 5.69. The monoisotopic (exact) mass is 260 g/mol. The lowest BCUT2D eigenvalue weighted by molar-refractivity contribution is -0.385.